The van der Waals surface area contributed by atoms with Crippen LogP contribution in [0.4, 0.5) is 4.79 Å². The number of unbranched alkanes of at least 4 members (excludes halogenated alkanes) is 3. The molecule has 1 heterocycles. The third-order valence-electron chi connectivity index (χ3n) is 4.93. The van der Waals surface area contributed by atoms with Crippen LogP contribution in [0.2, 0.25) is 0 Å². The van der Waals surface area contributed by atoms with Gasteiger partial charge in [0.2, 0.25) is 5.91 Å². The molecule has 1 aliphatic rings. The standard InChI is InChI=1S/C21H37N3O3/c1-21(2,3)24(20(26)27)18-8-6-5-7-13-19(25)22(4)14-9-10-15-23-16-11-12-17-23/h5-8,11-18H2,1-4H3,(H,26,27). The minimum absolute atomic E-state index is 0.132. The molecule has 0 unspecified atom stereocenters. The molecule has 0 radical (unpaired) electrons. The summed E-state index contributed by atoms with van der Waals surface area (Å²) in [6.45, 7) is 9.85. The Balaban J connectivity index is 2.12. The van der Waals surface area contributed by atoms with Crippen molar-refractivity contribution in [2.75, 3.05) is 39.8 Å². The van der Waals surface area contributed by atoms with Crippen molar-refractivity contribution in [3.8, 4) is 11.8 Å². The first-order chi connectivity index (χ1) is 12.7. The van der Waals surface area contributed by atoms with E-state index in [1.807, 2.05) is 20.8 Å². The SMILES string of the molecule is CN(CC#CCN1CCCC1)C(=O)CCCCCCN(C(=O)O)C(C)(C)C. The third kappa shape index (κ3) is 9.67. The molecule has 0 spiro atoms. The van der Waals surface area contributed by atoms with Gasteiger partial charge in [0, 0.05) is 25.6 Å². The zero-order valence-corrected chi connectivity index (χ0v) is 17.6. The van der Waals surface area contributed by atoms with E-state index >= 15 is 0 Å². The summed E-state index contributed by atoms with van der Waals surface area (Å²) in [4.78, 5) is 28.9. The van der Waals surface area contributed by atoms with E-state index in [1.54, 1.807) is 11.9 Å². The summed E-state index contributed by atoms with van der Waals surface area (Å²) in [5.74, 6) is 6.38. The van der Waals surface area contributed by atoms with E-state index in [-0.39, 0.29) is 11.4 Å². The largest absolute Gasteiger partial charge is 0.465 e. The first-order valence-electron chi connectivity index (χ1n) is 10.1. The van der Waals surface area contributed by atoms with E-state index in [9.17, 15) is 14.7 Å². The molecule has 0 atom stereocenters. The number of carboxylic acid groups (broad SMARTS) is 1. The van der Waals surface area contributed by atoms with Crippen LogP contribution < -0.4 is 0 Å². The summed E-state index contributed by atoms with van der Waals surface area (Å²) in [5, 5.41) is 9.26. The van der Waals surface area contributed by atoms with Crippen LogP contribution in [0.1, 0.15) is 65.7 Å². The van der Waals surface area contributed by atoms with Gasteiger partial charge < -0.3 is 14.9 Å². The topological polar surface area (TPSA) is 64.1 Å². The number of rotatable bonds is 9. The predicted molar refractivity (Wildman–Crippen MR) is 109 cm³/mol. The second-order valence-electron chi connectivity index (χ2n) is 8.36. The molecule has 1 fully saturated rings. The lowest BCUT2D eigenvalue weighted by Crippen LogP contribution is -2.45. The van der Waals surface area contributed by atoms with Gasteiger partial charge >= 0.3 is 6.09 Å². The molecule has 1 N–H and O–H groups in total. The lowest BCUT2D eigenvalue weighted by Gasteiger charge is -2.33. The Labute approximate surface area is 164 Å². The maximum atomic E-state index is 12.1. The first-order valence-corrected chi connectivity index (χ1v) is 10.1. The molecule has 0 aromatic heterocycles. The first kappa shape index (κ1) is 23.3. The Hall–Kier alpha value is -1.74. The van der Waals surface area contributed by atoms with E-state index in [0.29, 0.717) is 19.5 Å². The Morgan fingerprint density at radius 2 is 1.67 bits per heavy atom. The van der Waals surface area contributed by atoms with Crippen molar-refractivity contribution in [1.29, 1.82) is 0 Å². The number of hydrogen-bond donors (Lipinski definition) is 1. The van der Waals surface area contributed by atoms with E-state index < -0.39 is 6.09 Å². The maximum absolute atomic E-state index is 12.1. The van der Waals surface area contributed by atoms with Crippen molar-refractivity contribution < 1.29 is 14.7 Å². The summed E-state index contributed by atoms with van der Waals surface area (Å²) >= 11 is 0. The number of likely N-dealkylation sites (tertiary alicyclic amines) is 1. The van der Waals surface area contributed by atoms with Gasteiger partial charge in [-0.15, -0.1) is 0 Å². The highest BCUT2D eigenvalue weighted by molar-refractivity contribution is 5.76. The van der Waals surface area contributed by atoms with Crippen molar-refractivity contribution in [2.24, 2.45) is 0 Å². The fraction of sp³-hybridized carbons (Fsp3) is 0.810. The van der Waals surface area contributed by atoms with E-state index in [1.165, 1.54) is 17.7 Å². The molecule has 27 heavy (non-hydrogen) atoms. The molecule has 6 heteroatoms. The van der Waals surface area contributed by atoms with Crippen LogP contribution in [-0.2, 0) is 4.79 Å². The summed E-state index contributed by atoms with van der Waals surface area (Å²) in [6.07, 6.45) is 5.75. The Kier molecular flexibility index (Phi) is 10.2. The highest BCUT2D eigenvalue weighted by atomic mass is 16.4. The molecular formula is C21H37N3O3. The molecule has 0 aliphatic carbocycles. The zero-order chi connectivity index (χ0) is 20.3. The summed E-state index contributed by atoms with van der Waals surface area (Å²) < 4.78 is 0. The Morgan fingerprint density at radius 3 is 2.26 bits per heavy atom. The number of nitrogens with zero attached hydrogens (tertiary/aromatic N) is 3. The number of amides is 2. The zero-order valence-electron chi connectivity index (χ0n) is 17.6. The molecule has 1 aliphatic heterocycles. The quantitative estimate of drug-likeness (QED) is 0.493. The van der Waals surface area contributed by atoms with Crippen molar-refractivity contribution >= 4 is 12.0 Å². The van der Waals surface area contributed by atoms with Gasteiger partial charge in [0.15, 0.2) is 0 Å². The molecule has 6 nitrogen and oxygen atoms in total. The van der Waals surface area contributed by atoms with Crippen LogP contribution in [0.5, 0.6) is 0 Å². The molecule has 0 aromatic carbocycles. The van der Waals surface area contributed by atoms with Gasteiger partial charge in [-0.05, 0) is 59.5 Å². The number of carbonyl (C=O) groups excluding carboxylic acids is 1. The maximum Gasteiger partial charge on any atom is 0.407 e. The second kappa shape index (κ2) is 11.9. The second-order valence-corrected chi connectivity index (χ2v) is 8.36. The third-order valence-corrected chi connectivity index (χ3v) is 4.93. The van der Waals surface area contributed by atoms with Crippen LogP contribution in [0.15, 0.2) is 0 Å². The Bertz CT molecular complexity index is 525. The molecule has 0 aromatic rings. The highest BCUT2D eigenvalue weighted by Gasteiger charge is 2.25. The average Bonchev–Trinajstić information content (AvgIpc) is 3.09. The molecule has 2 amide bonds. The lowest BCUT2D eigenvalue weighted by atomic mass is 10.1. The van der Waals surface area contributed by atoms with Gasteiger partial charge in [-0.3, -0.25) is 9.69 Å². The van der Waals surface area contributed by atoms with Crippen molar-refractivity contribution in [1.82, 2.24) is 14.7 Å². The Morgan fingerprint density at radius 1 is 1.04 bits per heavy atom. The minimum atomic E-state index is -0.870. The van der Waals surface area contributed by atoms with Gasteiger partial charge in [-0.2, -0.15) is 0 Å². The monoisotopic (exact) mass is 379 g/mol. The highest BCUT2D eigenvalue weighted by Crippen LogP contribution is 2.15. The van der Waals surface area contributed by atoms with Crippen LogP contribution >= 0.6 is 0 Å². The summed E-state index contributed by atoms with van der Waals surface area (Å²) in [6, 6.07) is 0. The molecule has 0 bridgehead atoms. The van der Waals surface area contributed by atoms with Gasteiger partial charge in [-0.25, -0.2) is 4.79 Å². The lowest BCUT2D eigenvalue weighted by molar-refractivity contribution is -0.129. The number of carbonyl (C=O) groups is 2. The molecule has 0 saturated carbocycles. The van der Waals surface area contributed by atoms with E-state index in [0.717, 1.165) is 45.3 Å². The molecule has 1 saturated heterocycles. The fourth-order valence-corrected chi connectivity index (χ4v) is 3.18. The molecular weight excluding hydrogens is 342 g/mol. The van der Waals surface area contributed by atoms with Crippen molar-refractivity contribution in [3.05, 3.63) is 0 Å². The van der Waals surface area contributed by atoms with Gasteiger partial charge in [-0.1, -0.05) is 24.7 Å². The molecule has 154 valence electrons. The van der Waals surface area contributed by atoms with Crippen LogP contribution in [0.3, 0.4) is 0 Å². The normalized spacial score (nSPS) is 14.5. The van der Waals surface area contributed by atoms with Crippen LogP contribution in [0.25, 0.3) is 0 Å². The summed E-state index contributed by atoms with van der Waals surface area (Å²) in [7, 11) is 1.81. The minimum Gasteiger partial charge on any atom is -0.465 e. The van der Waals surface area contributed by atoms with Crippen LogP contribution in [-0.4, -0.2) is 77.1 Å². The van der Waals surface area contributed by atoms with Crippen molar-refractivity contribution in [2.45, 2.75) is 71.3 Å². The summed E-state index contributed by atoms with van der Waals surface area (Å²) in [5.41, 5.74) is -0.375. The number of hydrogen-bond acceptors (Lipinski definition) is 3. The fourth-order valence-electron chi connectivity index (χ4n) is 3.18. The average molecular weight is 380 g/mol. The van der Waals surface area contributed by atoms with Gasteiger partial charge in [0.1, 0.15) is 0 Å². The van der Waals surface area contributed by atoms with E-state index in [4.69, 9.17) is 0 Å². The van der Waals surface area contributed by atoms with Gasteiger partial charge in [0.05, 0.1) is 13.1 Å². The smallest absolute Gasteiger partial charge is 0.407 e. The van der Waals surface area contributed by atoms with Crippen molar-refractivity contribution in [3.63, 3.8) is 0 Å². The predicted octanol–water partition coefficient (Wildman–Crippen LogP) is 3.27. The van der Waals surface area contributed by atoms with E-state index in [2.05, 4.69) is 16.7 Å². The van der Waals surface area contributed by atoms with Crippen LogP contribution in [0, 0.1) is 11.8 Å². The van der Waals surface area contributed by atoms with Gasteiger partial charge in [0.25, 0.3) is 0 Å². The molecule has 1 rings (SSSR count).